The number of amides is 1. The van der Waals surface area contributed by atoms with E-state index in [0.29, 0.717) is 32.2 Å². The van der Waals surface area contributed by atoms with Crippen LogP contribution in [0.3, 0.4) is 0 Å². The molecular weight excluding hydrogens is 362 g/mol. The Bertz CT molecular complexity index is 747. The number of carbonyl (C=O) groups excluding carboxylic acids is 2. The molecule has 1 unspecified atom stereocenters. The quantitative estimate of drug-likeness (QED) is 0.406. The molecule has 1 aromatic rings. The highest BCUT2D eigenvalue weighted by atomic mass is 16.3. The van der Waals surface area contributed by atoms with E-state index in [1.807, 2.05) is 49.4 Å². The van der Waals surface area contributed by atoms with Gasteiger partial charge in [-0.1, -0.05) is 54.6 Å². The molecule has 0 aromatic heterocycles. The van der Waals surface area contributed by atoms with E-state index in [-0.39, 0.29) is 11.7 Å². The fourth-order valence-electron chi connectivity index (χ4n) is 3.43. The Morgan fingerprint density at radius 2 is 2.00 bits per heavy atom. The molecule has 29 heavy (non-hydrogen) atoms. The summed E-state index contributed by atoms with van der Waals surface area (Å²) < 4.78 is 0. The second-order valence-electron chi connectivity index (χ2n) is 7.40. The van der Waals surface area contributed by atoms with Gasteiger partial charge in [-0.2, -0.15) is 0 Å². The maximum Gasteiger partial charge on any atom is 0.219 e. The molecule has 2 N–H and O–H groups in total. The molecule has 1 aliphatic carbocycles. The molecule has 1 amide bonds. The van der Waals surface area contributed by atoms with Crippen molar-refractivity contribution in [1.82, 2.24) is 5.32 Å². The molecule has 0 heterocycles. The normalized spacial score (nSPS) is 15.6. The van der Waals surface area contributed by atoms with Crippen LogP contribution in [0, 0.1) is 0 Å². The van der Waals surface area contributed by atoms with E-state index in [1.165, 1.54) is 5.56 Å². The number of aliphatic hydroxyl groups excluding tert-OH is 1. The number of hydrogen-bond acceptors (Lipinski definition) is 3. The Hall–Kier alpha value is -2.46. The van der Waals surface area contributed by atoms with Crippen molar-refractivity contribution < 1.29 is 14.7 Å². The summed E-state index contributed by atoms with van der Waals surface area (Å²) in [6, 6.07) is 10.1. The lowest BCUT2D eigenvalue weighted by Gasteiger charge is -2.06. The first-order chi connectivity index (χ1) is 14.1. The number of unbranched alkanes of at least 4 members (excludes halogenated alkanes) is 1. The van der Waals surface area contributed by atoms with E-state index < -0.39 is 6.10 Å². The highest BCUT2D eigenvalue weighted by Gasteiger charge is 2.20. The molecule has 4 nitrogen and oxygen atoms in total. The lowest BCUT2D eigenvalue weighted by atomic mass is 10.0. The van der Waals surface area contributed by atoms with Crippen molar-refractivity contribution in [2.45, 2.75) is 64.4 Å². The predicted molar refractivity (Wildman–Crippen MR) is 117 cm³/mol. The SMILES string of the molecule is CCNC(=O)CCCC=CCC1=C(C=CC(O)CCc2ccccc2)CCC1=O. The summed E-state index contributed by atoms with van der Waals surface area (Å²) in [5, 5.41) is 13.0. The van der Waals surface area contributed by atoms with Crippen molar-refractivity contribution in [2.75, 3.05) is 6.54 Å². The molecule has 156 valence electrons. The van der Waals surface area contributed by atoms with Crippen LogP contribution < -0.4 is 5.32 Å². The van der Waals surface area contributed by atoms with Crippen LogP contribution in [0.4, 0.5) is 0 Å². The fourth-order valence-corrected chi connectivity index (χ4v) is 3.43. The molecule has 2 rings (SSSR count). The highest BCUT2D eigenvalue weighted by Crippen LogP contribution is 2.27. The second-order valence-corrected chi connectivity index (χ2v) is 7.40. The van der Waals surface area contributed by atoms with Gasteiger partial charge in [0.1, 0.15) is 0 Å². The third kappa shape index (κ3) is 8.61. The van der Waals surface area contributed by atoms with Gasteiger partial charge in [0.25, 0.3) is 0 Å². The second kappa shape index (κ2) is 12.9. The molecule has 1 aromatic carbocycles. The summed E-state index contributed by atoms with van der Waals surface area (Å²) in [7, 11) is 0. The zero-order chi connectivity index (χ0) is 20.9. The molecule has 1 aliphatic rings. The lowest BCUT2D eigenvalue weighted by molar-refractivity contribution is -0.121. The van der Waals surface area contributed by atoms with Gasteiger partial charge in [-0.05, 0) is 56.6 Å². The van der Waals surface area contributed by atoms with Crippen molar-refractivity contribution in [3.05, 3.63) is 71.3 Å². The molecule has 4 heteroatoms. The minimum Gasteiger partial charge on any atom is -0.389 e. The first-order valence-electron chi connectivity index (χ1n) is 10.7. The Labute approximate surface area is 174 Å². The van der Waals surface area contributed by atoms with Gasteiger partial charge >= 0.3 is 0 Å². The number of ketones is 1. The van der Waals surface area contributed by atoms with Gasteiger partial charge in [-0.15, -0.1) is 0 Å². The Morgan fingerprint density at radius 1 is 1.21 bits per heavy atom. The average molecular weight is 396 g/mol. The van der Waals surface area contributed by atoms with Crippen molar-refractivity contribution >= 4 is 11.7 Å². The molecule has 0 aliphatic heterocycles. The van der Waals surface area contributed by atoms with Gasteiger partial charge in [0.05, 0.1) is 6.10 Å². The van der Waals surface area contributed by atoms with Gasteiger partial charge in [0.2, 0.25) is 5.91 Å². The Balaban J connectivity index is 1.79. The van der Waals surface area contributed by atoms with Gasteiger partial charge < -0.3 is 10.4 Å². The monoisotopic (exact) mass is 395 g/mol. The molecule has 0 bridgehead atoms. The van der Waals surface area contributed by atoms with E-state index in [1.54, 1.807) is 0 Å². The minimum absolute atomic E-state index is 0.0906. The molecule has 0 fully saturated rings. The summed E-state index contributed by atoms with van der Waals surface area (Å²) in [6.45, 7) is 2.58. The van der Waals surface area contributed by atoms with Crippen molar-refractivity contribution in [1.29, 1.82) is 0 Å². The number of aliphatic hydroxyl groups is 1. The van der Waals surface area contributed by atoms with E-state index >= 15 is 0 Å². The first kappa shape index (κ1) is 22.8. The molecule has 0 saturated heterocycles. The van der Waals surface area contributed by atoms with Crippen molar-refractivity contribution in [2.24, 2.45) is 0 Å². The summed E-state index contributed by atoms with van der Waals surface area (Å²) >= 11 is 0. The van der Waals surface area contributed by atoms with Gasteiger partial charge in [-0.25, -0.2) is 0 Å². The summed E-state index contributed by atoms with van der Waals surface area (Å²) in [6.07, 6.45) is 12.9. The Kier molecular flexibility index (Phi) is 10.1. The third-order valence-corrected chi connectivity index (χ3v) is 5.07. The fraction of sp³-hybridized carbons (Fsp3) is 0.440. The van der Waals surface area contributed by atoms with Crippen LogP contribution in [0.25, 0.3) is 0 Å². The lowest BCUT2D eigenvalue weighted by Crippen LogP contribution is -2.21. The largest absolute Gasteiger partial charge is 0.389 e. The zero-order valence-corrected chi connectivity index (χ0v) is 17.4. The predicted octanol–water partition coefficient (Wildman–Crippen LogP) is 4.45. The molecule has 0 spiro atoms. The standard InChI is InChI=1S/C25H33NO3/c1-2-26-25(29)13-9-4-3-8-12-23-21(16-19-24(23)28)15-18-22(27)17-14-20-10-6-5-7-11-20/h3,5-8,10-11,15,18,22,27H,2,4,9,12-14,16-17,19H2,1H3,(H,26,29). The summed E-state index contributed by atoms with van der Waals surface area (Å²) in [5.41, 5.74) is 3.12. The molecule has 0 saturated carbocycles. The Morgan fingerprint density at radius 3 is 2.76 bits per heavy atom. The summed E-state index contributed by atoms with van der Waals surface area (Å²) in [4.78, 5) is 23.6. The van der Waals surface area contributed by atoms with Gasteiger partial charge in [0.15, 0.2) is 5.78 Å². The van der Waals surface area contributed by atoms with Crippen LogP contribution in [0.15, 0.2) is 65.8 Å². The van der Waals surface area contributed by atoms with E-state index in [0.717, 1.165) is 36.8 Å². The molecule has 1 atom stereocenters. The van der Waals surface area contributed by atoms with Crippen LogP contribution in [0.5, 0.6) is 0 Å². The van der Waals surface area contributed by atoms with Crippen LogP contribution in [-0.4, -0.2) is 29.4 Å². The number of Topliss-reactive ketones (excluding diaryl/α,β-unsaturated/α-hetero) is 1. The van der Waals surface area contributed by atoms with Crippen LogP contribution in [0.1, 0.15) is 57.4 Å². The first-order valence-corrected chi connectivity index (χ1v) is 10.7. The number of rotatable bonds is 12. The van der Waals surface area contributed by atoms with E-state index in [2.05, 4.69) is 17.4 Å². The number of benzene rings is 1. The summed E-state index contributed by atoms with van der Waals surface area (Å²) in [5.74, 6) is 0.295. The number of aryl methyl sites for hydroxylation is 1. The maximum absolute atomic E-state index is 12.2. The zero-order valence-electron chi connectivity index (χ0n) is 17.4. The number of hydrogen-bond donors (Lipinski definition) is 2. The molecule has 0 radical (unpaired) electrons. The smallest absolute Gasteiger partial charge is 0.219 e. The van der Waals surface area contributed by atoms with Gasteiger partial charge in [0, 0.05) is 25.0 Å². The maximum atomic E-state index is 12.2. The van der Waals surface area contributed by atoms with Gasteiger partial charge in [-0.3, -0.25) is 9.59 Å². The van der Waals surface area contributed by atoms with Crippen LogP contribution in [-0.2, 0) is 16.0 Å². The van der Waals surface area contributed by atoms with Crippen molar-refractivity contribution in [3.8, 4) is 0 Å². The van der Waals surface area contributed by atoms with E-state index in [4.69, 9.17) is 0 Å². The van der Waals surface area contributed by atoms with Crippen LogP contribution >= 0.6 is 0 Å². The number of carbonyl (C=O) groups is 2. The molecular formula is C25H33NO3. The average Bonchev–Trinajstić information content (AvgIpc) is 3.08. The third-order valence-electron chi connectivity index (χ3n) is 5.07. The number of nitrogens with one attached hydrogen (secondary N) is 1. The van der Waals surface area contributed by atoms with Crippen molar-refractivity contribution in [3.63, 3.8) is 0 Å². The van der Waals surface area contributed by atoms with Crippen LogP contribution in [0.2, 0.25) is 0 Å². The minimum atomic E-state index is -0.510. The highest BCUT2D eigenvalue weighted by molar-refractivity contribution is 5.99. The topological polar surface area (TPSA) is 66.4 Å². The number of allylic oxidation sites excluding steroid dienone is 5. The van der Waals surface area contributed by atoms with E-state index in [9.17, 15) is 14.7 Å².